The Morgan fingerprint density at radius 3 is 2.70 bits per heavy atom. The number of imidazole rings is 1. The molecule has 1 N–H and O–H groups in total. The van der Waals surface area contributed by atoms with Crippen LogP contribution in [0.25, 0.3) is 0 Å². The highest BCUT2D eigenvalue weighted by atomic mass is 19.1. The highest BCUT2D eigenvalue weighted by Crippen LogP contribution is 2.27. The molecule has 0 radical (unpaired) electrons. The molecule has 7 nitrogen and oxygen atoms in total. The molecule has 1 fully saturated rings. The van der Waals surface area contributed by atoms with Crippen molar-refractivity contribution >= 4 is 11.8 Å². The topological polar surface area (TPSA) is 76.5 Å². The summed E-state index contributed by atoms with van der Waals surface area (Å²) in [6, 6.07) is 5.39. The van der Waals surface area contributed by atoms with Crippen LogP contribution in [-0.2, 0) is 11.8 Å². The van der Waals surface area contributed by atoms with E-state index in [1.165, 1.54) is 24.3 Å². The maximum absolute atomic E-state index is 13.1. The van der Waals surface area contributed by atoms with Crippen molar-refractivity contribution in [3.05, 3.63) is 53.9 Å². The number of aromatic nitrogens is 2. The number of likely N-dealkylation sites (tertiary alicyclic amines) is 1. The summed E-state index contributed by atoms with van der Waals surface area (Å²) in [4.78, 5) is 31.1. The van der Waals surface area contributed by atoms with Gasteiger partial charge >= 0.3 is 0 Å². The van der Waals surface area contributed by atoms with Crippen molar-refractivity contribution in [2.45, 2.75) is 18.4 Å². The maximum atomic E-state index is 13.1. The fourth-order valence-corrected chi connectivity index (χ4v) is 3.31. The zero-order valence-corrected chi connectivity index (χ0v) is 15.4. The average molecular weight is 374 g/mol. The van der Waals surface area contributed by atoms with Gasteiger partial charge in [0, 0.05) is 45.6 Å². The Bertz CT molecular complexity index is 821. The highest BCUT2D eigenvalue weighted by molar-refractivity contribution is 5.95. The second-order valence-electron chi connectivity index (χ2n) is 6.89. The number of carbonyl (C=O) groups excluding carboxylic acids is 2. The minimum atomic E-state index is -0.591. The second-order valence-corrected chi connectivity index (χ2v) is 6.89. The molecule has 2 amide bonds. The van der Waals surface area contributed by atoms with Crippen molar-refractivity contribution < 1.29 is 18.7 Å². The molecule has 1 aliphatic rings. The molecule has 2 heterocycles. The van der Waals surface area contributed by atoms with Crippen molar-refractivity contribution in [2.24, 2.45) is 7.05 Å². The molecule has 0 saturated carbocycles. The van der Waals surface area contributed by atoms with Gasteiger partial charge in [-0.05, 0) is 37.1 Å². The Labute approximate surface area is 157 Å². The Hall–Kier alpha value is -2.74. The van der Waals surface area contributed by atoms with Crippen LogP contribution >= 0.6 is 0 Å². The maximum Gasteiger partial charge on any atom is 0.274 e. The zero-order valence-electron chi connectivity index (χ0n) is 15.4. The van der Waals surface area contributed by atoms with Gasteiger partial charge in [-0.15, -0.1) is 0 Å². The van der Waals surface area contributed by atoms with E-state index in [-0.39, 0.29) is 11.8 Å². The molecule has 3 rings (SSSR count). The van der Waals surface area contributed by atoms with Crippen molar-refractivity contribution in [3.8, 4) is 0 Å². The van der Waals surface area contributed by atoms with Crippen LogP contribution in [0, 0.1) is 5.82 Å². The predicted molar refractivity (Wildman–Crippen MR) is 96.8 cm³/mol. The molecule has 8 heteroatoms. The van der Waals surface area contributed by atoms with Gasteiger partial charge in [-0.3, -0.25) is 9.59 Å². The number of nitrogens with zero attached hydrogens (tertiary/aromatic N) is 3. The van der Waals surface area contributed by atoms with Gasteiger partial charge in [-0.1, -0.05) is 0 Å². The summed E-state index contributed by atoms with van der Waals surface area (Å²) in [5, 5.41) is 3.04. The van der Waals surface area contributed by atoms with Crippen LogP contribution in [0.5, 0.6) is 0 Å². The van der Waals surface area contributed by atoms with Gasteiger partial charge in [0.1, 0.15) is 11.5 Å². The van der Waals surface area contributed by atoms with Gasteiger partial charge in [0.05, 0.1) is 11.9 Å². The molecule has 0 aliphatic carbocycles. The molecule has 144 valence electrons. The molecule has 1 aromatic heterocycles. The molecule has 2 aromatic rings. The molecule has 1 atom stereocenters. The summed E-state index contributed by atoms with van der Waals surface area (Å²) in [5.41, 5.74) is 0.166. The van der Waals surface area contributed by atoms with Crippen molar-refractivity contribution in [1.29, 1.82) is 0 Å². The number of benzene rings is 1. The van der Waals surface area contributed by atoms with E-state index in [2.05, 4.69) is 10.3 Å². The molecule has 0 spiro atoms. The van der Waals surface area contributed by atoms with Crippen molar-refractivity contribution in [2.75, 3.05) is 26.8 Å². The third-order valence-corrected chi connectivity index (χ3v) is 4.83. The number of aryl methyl sites for hydroxylation is 1. The smallest absolute Gasteiger partial charge is 0.274 e. The highest BCUT2D eigenvalue weighted by Gasteiger charge is 2.41. The number of ether oxygens (including phenoxy) is 1. The van der Waals surface area contributed by atoms with E-state index in [1.54, 1.807) is 36.1 Å². The van der Waals surface area contributed by atoms with Gasteiger partial charge < -0.3 is 19.5 Å². The summed E-state index contributed by atoms with van der Waals surface area (Å²) in [7, 11) is 3.40. The van der Waals surface area contributed by atoms with E-state index in [1.807, 2.05) is 0 Å². The normalized spacial score (nSPS) is 19.3. The van der Waals surface area contributed by atoms with Gasteiger partial charge in [0.2, 0.25) is 0 Å². The predicted octanol–water partition coefficient (Wildman–Crippen LogP) is 1.61. The third kappa shape index (κ3) is 4.33. The van der Waals surface area contributed by atoms with Crippen molar-refractivity contribution in [1.82, 2.24) is 19.8 Å². The first kappa shape index (κ1) is 19.0. The van der Waals surface area contributed by atoms with Crippen LogP contribution in [-0.4, -0.2) is 58.6 Å². The Balaban J connectivity index is 1.74. The number of amides is 2. The minimum Gasteiger partial charge on any atom is -0.385 e. The fraction of sp³-hybridized carbons (Fsp3) is 0.421. The van der Waals surface area contributed by atoms with E-state index < -0.39 is 11.4 Å². The van der Waals surface area contributed by atoms with Gasteiger partial charge in [0.15, 0.2) is 0 Å². The second kappa shape index (κ2) is 7.87. The van der Waals surface area contributed by atoms with Crippen LogP contribution in [0.4, 0.5) is 4.39 Å². The Kier molecular flexibility index (Phi) is 5.55. The van der Waals surface area contributed by atoms with Crippen LogP contribution in [0.1, 0.15) is 33.7 Å². The lowest BCUT2D eigenvalue weighted by molar-refractivity contribution is 0.0743. The van der Waals surface area contributed by atoms with Gasteiger partial charge in [-0.25, -0.2) is 9.37 Å². The number of nitrogens with one attached hydrogen (secondary N) is 1. The molecule has 1 unspecified atom stereocenters. The fourth-order valence-electron chi connectivity index (χ4n) is 3.31. The molecular weight excluding hydrogens is 351 g/mol. The third-order valence-electron chi connectivity index (χ3n) is 4.83. The summed E-state index contributed by atoms with van der Waals surface area (Å²) in [5.74, 6) is -0.849. The number of halogens is 1. The van der Waals surface area contributed by atoms with E-state index in [4.69, 9.17) is 4.74 Å². The molecule has 1 saturated heterocycles. The molecule has 27 heavy (non-hydrogen) atoms. The van der Waals surface area contributed by atoms with Crippen molar-refractivity contribution in [3.63, 3.8) is 0 Å². The summed E-state index contributed by atoms with van der Waals surface area (Å²) >= 11 is 0. The van der Waals surface area contributed by atoms with Crippen LogP contribution in [0.3, 0.4) is 0 Å². The first-order valence-corrected chi connectivity index (χ1v) is 8.77. The molecule has 1 aliphatic heterocycles. The van der Waals surface area contributed by atoms with Crippen LogP contribution in [0.2, 0.25) is 0 Å². The first-order valence-electron chi connectivity index (χ1n) is 8.77. The van der Waals surface area contributed by atoms with Gasteiger partial charge in [0.25, 0.3) is 11.8 Å². The first-order chi connectivity index (χ1) is 12.9. The van der Waals surface area contributed by atoms with E-state index in [0.29, 0.717) is 43.8 Å². The molecular formula is C19H23FN4O3. The monoisotopic (exact) mass is 374 g/mol. The molecule has 1 aromatic carbocycles. The number of carbonyl (C=O) groups is 2. The van der Waals surface area contributed by atoms with E-state index in [0.717, 1.165) is 0 Å². The zero-order chi connectivity index (χ0) is 19.4. The standard InChI is InChI=1S/C19H23FN4O3/c1-23-11-16(21-13-23)18(26)24-9-7-19(12-24,8-10-27-2)22-17(25)14-3-5-15(20)6-4-14/h3-6,11,13H,7-10,12H2,1-2H3,(H,22,25). The van der Waals surface area contributed by atoms with E-state index in [9.17, 15) is 14.0 Å². The van der Waals surface area contributed by atoms with E-state index >= 15 is 0 Å². The lowest BCUT2D eigenvalue weighted by Crippen LogP contribution is -2.51. The van der Waals surface area contributed by atoms with Crippen LogP contribution < -0.4 is 5.32 Å². The number of hydrogen-bond acceptors (Lipinski definition) is 4. The van der Waals surface area contributed by atoms with Crippen LogP contribution in [0.15, 0.2) is 36.8 Å². The number of rotatable bonds is 6. The Morgan fingerprint density at radius 1 is 1.33 bits per heavy atom. The lowest BCUT2D eigenvalue weighted by Gasteiger charge is -2.30. The average Bonchev–Trinajstić information content (AvgIpc) is 3.27. The SMILES string of the molecule is COCCC1(NC(=O)c2ccc(F)cc2)CCN(C(=O)c2cn(C)cn2)C1. The summed E-state index contributed by atoms with van der Waals surface area (Å²) < 4.78 is 20.0. The number of methoxy groups -OCH3 is 1. The number of hydrogen-bond donors (Lipinski definition) is 1. The van der Waals surface area contributed by atoms with Gasteiger partial charge in [-0.2, -0.15) is 0 Å². The summed E-state index contributed by atoms with van der Waals surface area (Å²) in [6.07, 6.45) is 4.44. The minimum absolute atomic E-state index is 0.161. The Morgan fingerprint density at radius 2 is 2.07 bits per heavy atom. The largest absolute Gasteiger partial charge is 0.385 e. The molecule has 0 bridgehead atoms. The quantitative estimate of drug-likeness (QED) is 0.834. The lowest BCUT2D eigenvalue weighted by atomic mass is 9.94. The summed E-state index contributed by atoms with van der Waals surface area (Å²) in [6.45, 7) is 1.34.